The topological polar surface area (TPSA) is 70.2 Å². The molecule has 0 spiro atoms. The van der Waals surface area contributed by atoms with Crippen molar-refractivity contribution >= 4 is 11.8 Å². The Morgan fingerprint density at radius 3 is 2.11 bits per heavy atom. The molecule has 0 fully saturated rings. The molecule has 0 aliphatic carbocycles. The molecule has 2 amide bonds. The molecule has 0 aliphatic heterocycles. The van der Waals surface area contributed by atoms with E-state index in [1.165, 1.54) is 0 Å². The second-order valence-corrected chi connectivity index (χ2v) is 5.59. The van der Waals surface area contributed by atoms with Gasteiger partial charge in [0.2, 0.25) is 11.8 Å². The summed E-state index contributed by atoms with van der Waals surface area (Å²) in [7, 11) is 1.62. The van der Waals surface area contributed by atoms with E-state index in [1.54, 1.807) is 7.05 Å². The Morgan fingerprint density at radius 2 is 1.68 bits per heavy atom. The fourth-order valence-electron chi connectivity index (χ4n) is 1.74. The zero-order valence-electron chi connectivity index (χ0n) is 13.1. The Kier molecular flexibility index (Phi) is 7.68. The van der Waals surface area contributed by atoms with Crippen molar-refractivity contribution in [3.8, 4) is 0 Å². The minimum Gasteiger partial charge on any atom is -0.359 e. The molecular formula is C14H29N3O2. The van der Waals surface area contributed by atoms with Gasteiger partial charge in [-0.3, -0.25) is 9.59 Å². The van der Waals surface area contributed by atoms with Crippen LogP contribution in [0.1, 0.15) is 47.5 Å². The summed E-state index contributed by atoms with van der Waals surface area (Å²) in [6.45, 7) is 10.1. The molecule has 0 aromatic rings. The SMILES string of the molecule is CCC(CC)NC(=O)C(C)NCC(C)(C)C(=O)NC. The van der Waals surface area contributed by atoms with Crippen LogP contribution in [0, 0.1) is 5.41 Å². The van der Waals surface area contributed by atoms with Crippen molar-refractivity contribution in [3.63, 3.8) is 0 Å². The van der Waals surface area contributed by atoms with Crippen molar-refractivity contribution in [1.29, 1.82) is 0 Å². The summed E-state index contributed by atoms with van der Waals surface area (Å²) in [6, 6.07) is -0.0757. The van der Waals surface area contributed by atoms with E-state index in [1.807, 2.05) is 20.8 Å². The van der Waals surface area contributed by atoms with Crippen LogP contribution in [0.4, 0.5) is 0 Å². The predicted octanol–water partition coefficient (Wildman–Crippen LogP) is 1.04. The molecule has 1 atom stereocenters. The lowest BCUT2D eigenvalue weighted by atomic mass is 9.92. The highest BCUT2D eigenvalue weighted by molar-refractivity contribution is 5.83. The summed E-state index contributed by atoms with van der Waals surface area (Å²) in [4.78, 5) is 23.6. The summed E-state index contributed by atoms with van der Waals surface area (Å²) in [5.41, 5.74) is -0.530. The molecule has 0 aromatic carbocycles. The molecule has 3 N–H and O–H groups in total. The van der Waals surface area contributed by atoms with Crippen LogP contribution in [0.25, 0.3) is 0 Å². The normalized spacial score (nSPS) is 13.2. The highest BCUT2D eigenvalue weighted by Crippen LogP contribution is 2.13. The van der Waals surface area contributed by atoms with Gasteiger partial charge in [-0.15, -0.1) is 0 Å². The van der Waals surface area contributed by atoms with Gasteiger partial charge in [0, 0.05) is 19.6 Å². The van der Waals surface area contributed by atoms with E-state index >= 15 is 0 Å². The number of hydrogen-bond acceptors (Lipinski definition) is 3. The van der Waals surface area contributed by atoms with Crippen LogP contribution in [0.3, 0.4) is 0 Å². The number of hydrogen-bond donors (Lipinski definition) is 3. The van der Waals surface area contributed by atoms with Crippen LogP contribution in [0.15, 0.2) is 0 Å². The van der Waals surface area contributed by atoms with Gasteiger partial charge >= 0.3 is 0 Å². The highest BCUT2D eigenvalue weighted by atomic mass is 16.2. The molecule has 5 heteroatoms. The highest BCUT2D eigenvalue weighted by Gasteiger charge is 2.27. The molecule has 0 saturated heterocycles. The maximum atomic E-state index is 12.0. The zero-order valence-corrected chi connectivity index (χ0v) is 13.1. The molecule has 0 bridgehead atoms. The van der Waals surface area contributed by atoms with Crippen LogP contribution >= 0.6 is 0 Å². The summed E-state index contributed by atoms with van der Waals surface area (Å²) < 4.78 is 0. The van der Waals surface area contributed by atoms with Crippen LogP contribution in [0.2, 0.25) is 0 Å². The Labute approximate surface area is 116 Å². The molecular weight excluding hydrogens is 242 g/mol. The average Bonchev–Trinajstić information content (AvgIpc) is 2.40. The van der Waals surface area contributed by atoms with Gasteiger partial charge in [0.25, 0.3) is 0 Å². The smallest absolute Gasteiger partial charge is 0.237 e. The minimum atomic E-state index is -0.530. The number of rotatable bonds is 8. The molecule has 19 heavy (non-hydrogen) atoms. The zero-order chi connectivity index (χ0) is 15.1. The van der Waals surface area contributed by atoms with Crippen LogP contribution < -0.4 is 16.0 Å². The van der Waals surface area contributed by atoms with E-state index in [4.69, 9.17) is 0 Å². The lowest BCUT2D eigenvalue weighted by Gasteiger charge is -2.26. The molecule has 0 saturated carbocycles. The van der Waals surface area contributed by atoms with Crippen LogP contribution in [-0.2, 0) is 9.59 Å². The molecule has 5 nitrogen and oxygen atoms in total. The van der Waals surface area contributed by atoms with Gasteiger partial charge in [-0.2, -0.15) is 0 Å². The summed E-state index contributed by atoms with van der Waals surface area (Å²) in [5.74, 6) is -0.0472. The van der Waals surface area contributed by atoms with E-state index in [-0.39, 0.29) is 23.9 Å². The van der Waals surface area contributed by atoms with Crippen LogP contribution in [0.5, 0.6) is 0 Å². The van der Waals surface area contributed by atoms with Crippen molar-refractivity contribution in [2.24, 2.45) is 5.41 Å². The Bertz CT molecular complexity index is 299. The number of carbonyl (C=O) groups excluding carboxylic acids is 2. The third-order valence-electron chi connectivity index (χ3n) is 3.42. The molecule has 112 valence electrons. The van der Waals surface area contributed by atoms with E-state index in [0.717, 1.165) is 12.8 Å². The van der Waals surface area contributed by atoms with E-state index in [9.17, 15) is 9.59 Å². The predicted molar refractivity (Wildman–Crippen MR) is 77.8 cm³/mol. The first-order valence-electron chi connectivity index (χ1n) is 7.04. The fourth-order valence-corrected chi connectivity index (χ4v) is 1.74. The van der Waals surface area contributed by atoms with Gasteiger partial charge in [-0.1, -0.05) is 13.8 Å². The second-order valence-electron chi connectivity index (χ2n) is 5.59. The summed E-state index contributed by atoms with van der Waals surface area (Å²) in [5, 5.41) is 8.74. The standard InChI is InChI=1S/C14H29N3O2/c1-7-11(8-2)17-12(18)10(3)16-9-14(4,5)13(19)15-6/h10-11,16H,7-9H2,1-6H3,(H,15,19)(H,17,18). The monoisotopic (exact) mass is 271 g/mol. The summed E-state index contributed by atoms with van der Waals surface area (Å²) >= 11 is 0. The Morgan fingerprint density at radius 1 is 1.16 bits per heavy atom. The second kappa shape index (κ2) is 8.15. The van der Waals surface area contributed by atoms with Gasteiger partial charge in [0.1, 0.15) is 0 Å². The molecule has 0 rings (SSSR count). The maximum absolute atomic E-state index is 12.0. The molecule has 0 radical (unpaired) electrons. The molecule has 0 heterocycles. The van der Waals surface area contributed by atoms with Crippen molar-refractivity contribution in [3.05, 3.63) is 0 Å². The summed E-state index contributed by atoms with van der Waals surface area (Å²) in [6.07, 6.45) is 1.86. The third-order valence-corrected chi connectivity index (χ3v) is 3.42. The quantitative estimate of drug-likeness (QED) is 0.618. The largest absolute Gasteiger partial charge is 0.359 e. The number of nitrogens with one attached hydrogen (secondary N) is 3. The van der Waals surface area contributed by atoms with E-state index < -0.39 is 5.41 Å². The molecule has 0 aliphatic rings. The first kappa shape index (κ1) is 17.9. The van der Waals surface area contributed by atoms with Crippen molar-refractivity contribution in [2.75, 3.05) is 13.6 Å². The lowest BCUT2D eigenvalue weighted by Crippen LogP contribution is -2.50. The van der Waals surface area contributed by atoms with Gasteiger partial charge in [0.05, 0.1) is 11.5 Å². The van der Waals surface area contributed by atoms with Crippen molar-refractivity contribution < 1.29 is 9.59 Å². The van der Waals surface area contributed by atoms with E-state index in [0.29, 0.717) is 6.54 Å². The fraction of sp³-hybridized carbons (Fsp3) is 0.857. The molecule has 0 aromatic heterocycles. The van der Waals surface area contributed by atoms with Gasteiger partial charge in [-0.05, 0) is 33.6 Å². The first-order chi connectivity index (χ1) is 8.78. The minimum absolute atomic E-state index is 0.0126. The van der Waals surface area contributed by atoms with Gasteiger partial charge in [-0.25, -0.2) is 0 Å². The number of carbonyl (C=O) groups is 2. The maximum Gasteiger partial charge on any atom is 0.237 e. The first-order valence-corrected chi connectivity index (χ1v) is 7.04. The Hall–Kier alpha value is -1.10. The Balaban J connectivity index is 4.27. The lowest BCUT2D eigenvalue weighted by molar-refractivity contribution is -0.129. The average molecular weight is 271 g/mol. The van der Waals surface area contributed by atoms with Gasteiger partial charge < -0.3 is 16.0 Å². The van der Waals surface area contributed by atoms with Crippen molar-refractivity contribution in [1.82, 2.24) is 16.0 Å². The molecule has 1 unspecified atom stereocenters. The third kappa shape index (κ3) is 6.05. The van der Waals surface area contributed by atoms with E-state index in [2.05, 4.69) is 29.8 Å². The van der Waals surface area contributed by atoms with Gasteiger partial charge in [0.15, 0.2) is 0 Å². The number of amides is 2. The van der Waals surface area contributed by atoms with Crippen molar-refractivity contribution in [2.45, 2.75) is 59.5 Å². The van der Waals surface area contributed by atoms with Crippen LogP contribution in [-0.4, -0.2) is 37.5 Å².